The number of ether oxygens (including phenoxy) is 2. The smallest absolute Gasteiger partial charge is 0.226 e. The third-order valence-corrected chi connectivity index (χ3v) is 5.70. The molecule has 1 fully saturated rings. The van der Waals surface area contributed by atoms with Crippen molar-refractivity contribution in [3.63, 3.8) is 0 Å². The van der Waals surface area contributed by atoms with Crippen molar-refractivity contribution in [2.75, 3.05) is 43.1 Å². The Labute approximate surface area is 156 Å². The second-order valence-corrected chi connectivity index (χ2v) is 7.19. The van der Waals surface area contributed by atoms with Gasteiger partial charge in [0, 0.05) is 25.4 Å². The first kappa shape index (κ1) is 16.9. The van der Waals surface area contributed by atoms with Crippen LogP contribution in [0.3, 0.4) is 0 Å². The molecule has 0 aliphatic carbocycles. The predicted molar refractivity (Wildman–Crippen MR) is 101 cm³/mol. The number of carbonyl (C=O) groups excluding carboxylic acids is 1. The van der Waals surface area contributed by atoms with E-state index in [1.807, 2.05) is 24.3 Å². The molecule has 3 heterocycles. The highest BCUT2D eigenvalue weighted by atomic mass is 32.1. The first-order valence-corrected chi connectivity index (χ1v) is 9.36. The van der Waals surface area contributed by atoms with Crippen molar-refractivity contribution in [3.05, 3.63) is 34.7 Å². The first-order chi connectivity index (χ1) is 12.7. The molecule has 1 saturated heterocycles. The Hall–Kier alpha value is -2.56. The quantitative estimate of drug-likeness (QED) is 0.839. The number of hydrogen-bond donors (Lipinski definition) is 1. The molecule has 1 amide bonds. The zero-order valence-electron chi connectivity index (χ0n) is 14.2. The van der Waals surface area contributed by atoms with Gasteiger partial charge in [0.25, 0.3) is 0 Å². The number of amides is 1. The second kappa shape index (κ2) is 7.36. The van der Waals surface area contributed by atoms with Crippen LogP contribution in [0.4, 0.5) is 10.9 Å². The Bertz CT molecular complexity index is 852. The van der Waals surface area contributed by atoms with Crippen molar-refractivity contribution in [3.8, 4) is 18.1 Å². The van der Waals surface area contributed by atoms with E-state index in [1.165, 1.54) is 0 Å². The lowest BCUT2D eigenvalue weighted by atomic mass is 9.91. The number of morpholine rings is 1. The van der Waals surface area contributed by atoms with Crippen molar-refractivity contribution in [2.24, 2.45) is 0 Å². The Morgan fingerprint density at radius 2 is 2.27 bits per heavy atom. The molecule has 1 aromatic carbocycles. The fourth-order valence-corrected chi connectivity index (χ4v) is 4.41. The van der Waals surface area contributed by atoms with Gasteiger partial charge in [-0.25, -0.2) is 4.98 Å². The summed E-state index contributed by atoms with van der Waals surface area (Å²) in [5, 5.41) is 3.85. The van der Waals surface area contributed by atoms with Gasteiger partial charge in [-0.15, -0.1) is 6.42 Å². The maximum absolute atomic E-state index is 12.2. The fraction of sp³-hybridized carbons (Fsp3) is 0.368. The Balaban J connectivity index is 1.65. The van der Waals surface area contributed by atoms with E-state index in [0.29, 0.717) is 31.2 Å². The molecule has 2 aliphatic heterocycles. The van der Waals surface area contributed by atoms with Crippen LogP contribution in [-0.4, -0.2) is 43.8 Å². The normalized spacial score (nSPS) is 19.4. The summed E-state index contributed by atoms with van der Waals surface area (Å²) in [4.78, 5) is 20.2. The molecule has 0 radical (unpaired) electrons. The molecule has 7 heteroatoms. The molecule has 0 spiro atoms. The van der Waals surface area contributed by atoms with Crippen LogP contribution >= 0.6 is 11.3 Å². The maximum Gasteiger partial charge on any atom is 0.226 e. The van der Waals surface area contributed by atoms with E-state index in [2.05, 4.69) is 21.1 Å². The lowest BCUT2D eigenvalue weighted by Crippen LogP contribution is -2.36. The van der Waals surface area contributed by atoms with Gasteiger partial charge in [0.1, 0.15) is 18.2 Å². The highest BCUT2D eigenvalue weighted by Gasteiger charge is 2.31. The summed E-state index contributed by atoms with van der Waals surface area (Å²) in [5.74, 6) is 3.81. The van der Waals surface area contributed by atoms with Crippen LogP contribution in [0.15, 0.2) is 24.3 Å². The monoisotopic (exact) mass is 369 g/mol. The Kier molecular flexibility index (Phi) is 4.78. The van der Waals surface area contributed by atoms with Gasteiger partial charge >= 0.3 is 0 Å². The van der Waals surface area contributed by atoms with Crippen molar-refractivity contribution in [1.29, 1.82) is 0 Å². The van der Waals surface area contributed by atoms with E-state index in [0.717, 1.165) is 28.7 Å². The predicted octanol–water partition coefficient (Wildman–Crippen LogP) is 2.47. The molecule has 1 atom stereocenters. The molecule has 134 valence electrons. The summed E-state index contributed by atoms with van der Waals surface area (Å²) in [5.41, 5.74) is 1.03. The highest BCUT2D eigenvalue weighted by Crippen LogP contribution is 2.43. The average molecular weight is 369 g/mol. The van der Waals surface area contributed by atoms with Crippen molar-refractivity contribution in [2.45, 2.75) is 12.3 Å². The van der Waals surface area contributed by atoms with Crippen molar-refractivity contribution < 1.29 is 14.3 Å². The maximum atomic E-state index is 12.2. The number of fused-ring (bicyclic) bond motifs is 1. The number of rotatable bonds is 4. The minimum atomic E-state index is -0.0274. The fourth-order valence-electron chi connectivity index (χ4n) is 3.21. The van der Waals surface area contributed by atoms with Gasteiger partial charge < -0.3 is 19.7 Å². The summed E-state index contributed by atoms with van der Waals surface area (Å²) >= 11 is 1.64. The van der Waals surface area contributed by atoms with Crippen LogP contribution in [0.1, 0.15) is 22.8 Å². The molecule has 4 rings (SSSR count). The summed E-state index contributed by atoms with van der Waals surface area (Å²) in [6.07, 6.45) is 5.66. The number of hydrogen-bond acceptors (Lipinski definition) is 6. The first-order valence-electron chi connectivity index (χ1n) is 8.54. The average Bonchev–Trinajstić information content (AvgIpc) is 3.10. The molecule has 26 heavy (non-hydrogen) atoms. The van der Waals surface area contributed by atoms with Gasteiger partial charge in [-0.05, 0) is 17.7 Å². The Morgan fingerprint density at radius 1 is 1.42 bits per heavy atom. The van der Waals surface area contributed by atoms with E-state index in [9.17, 15) is 4.79 Å². The Morgan fingerprint density at radius 3 is 3.08 bits per heavy atom. The van der Waals surface area contributed by atoms with E-state index in [4.69, 9.17) is 15.9 Å². The molecule has 1 aromatic heterocycles. The molecule has 2 aliphatic rings. The largest absolute Gasteiger partial charge is 0.481 e. The number of anilines is 2. The molecular formula is C19H19N3O3S. The minimum absolute atomic E-state index is 0.0173. The number of carbonyl (C=O) groups is 1. The number of terminal acetylenes is 1. The minimum Gasteiger partial charge on any atom is -0.481 e. The summed E-state index contributed by atoms with van der Waals surface area (Å²) in [6, 6.07) is 7.77. The third kappa shape index (κ3) is 3.39. The standard InChI is InChI=1S/C19H19N3O3S/c1-2-8-25-14-5-3-4-13(11-14)15-12-16(23)20-18-17(15)26-19(21-18)22-6-9-24-10-7-22/h1,3-5,11,15H,6-10,12H2,(H,20,23)/t15-/m0/s1. The molecule has 0 saturated carbocycles. The lowest BCUT2D eigenvalue weighted by molar-refractivity contribution is -0.116. The van der Waals surface area contributed by atoms with Crippen LogP contribution in [0.25, 0.3) is 0 Å². The molecule has 0 bridgehead atoms. The molecular weight excluding hydrogens is 350 g/mol. The zero-order valence-corrected chi connectivity index (χ0v) is 15.1. The molecule has 2 aromatic rings. The SMILES string of the molecule is C#CCOc1cccc([C@@H]2CC(=O)Nc3nc(N4CCOCC4)sc32)c1. The van der Waals surface area contributed by atoms with Crippen LogP contribution in [-0.2, 0) is 9.53 Å². The summed E-state index contributed by atoms with van der Waals surface area (Å²) in [6.45, 7) is 3.27. The lowest BCUT2D eigenvalue weighted by Gasteiger charge is -2.26. The molecule has 1 N–H and O–H groups in total. The van der Waals surface area contributed by atoms with Gasteiger partial charge in [0.05, 0.1) is 18.1 Å². The van der Waals surface area contributed by atoms with E-state index < -0.39 is 0 Å². The number of aromatic nitrogens is 1. The summed E-state index contributed by atoms with van der Waals surface area (Å²) < 4.78 is 10.9. The van der Waals surface area contributed by atoms with Gasteiger partial charge in [0.2, 0.25) is 5.91 Å². The van der Waals surface area contributed by atoms with Gasteiger partial charge in [0.15, 0.2) is 5.13 Å². The second-order valence-electron chi connectivity index (χ2n) is 6.18. The van der Waals surface area contributed by atoms with E-state index >= 15 is 0 Å². The number of thiazole rings is 1. The van der Waals surface area contributed by atoms with E-state index in [1.54, 1.807) is 11.3 Å². The van der Waals surface area contributed by atoms with Crippen LogP contribution < -0.4 is 15.0 Å². The van der Waals surface area contributed by atoms with Crippen molar-refractivity contribution in [1.82, 2.24) is 4.98 Å². The molecule has 6 nitrogen and oxygen atoms in total. The van der Waals surface area contributed by atoms with Gasteiger partial charge in [-0.3, -0.25) is 4.79 Å². The molecule has 0 unspecified atom stereocenters. The van der Waals surface area contributed by atoms with Crippen LogP contribution in [0.5, 0.6) is 5.75 Å². The third-order valence-electron chi connectivity index (χ3n) is 4.47. The summed E-state index contributed by atoms with van der Waals surface area (Å²) in [7, 11) is 0. The number of nitrogens with zero attached hydrogens (tertiary/aromatic N) is 2. The van der Waals surface area contributed by atoms with Gasteiger partial charge in [-0.1, -0.05) is 29.4 Å². The van der Waals surface area contributed by atoms with Crippen LogP contribution in [0.2, 0.25) is 0 Å². The topological polar surface area (TPSA) is 63.7 Å². The highest BCUT2D eigenvalue weighted by molar-refractivity contribution is 7.16. The number of nitrogens with one attached hydrogen (secondary N) is 1. The zero-order chi connectivity index (χ0) is 17.9. The van der Waals surface area contributed by atoms with Crippen molar-refractivity contribution >= 4 is 28.2 Å². The number of benzene rings is 1. The van der Waals surface area contributed by atoms with Gasteiger partial charge in [-0.2, -0.15) is 0 Å². The van der Waals surface area contributed by atoms with Crippen LogP contribution in [0, 0.1) is 12.3 Å². The van der Waals surface area contributed by atoms with E-state index in [-0.39, 0.29) is 18.4 Å².